The predicted molar refractivity (Wildman–Crippen MR) is 76.5 cm³/mol. The van der Waals surface area contributed by atoms with E-state index in [1.54, 1.807) is 37.8 Å². The zero-order chi connectivity index (χ0) is 14.6. The molecule has 7 heteroatoms. The first-order valence-electron chi connectivity index (χ1n) is 6.28. The van der Waals surface area contributed by atoms with E-state index in [-0.39, 0.29) is 4.90 Å². The summed E-state index contributed by atoms with van der Waals surface area (Å²) in [6, 6.07) is 5.13. The molecule has 0 aliphatic rings. The first kappa shape index (κ1) is 14.7. The van der Waals surface area contributed by atoms with Crippen molar-refractivity contribution in [3.63, 3.8) is 0 Å². The number of rotatable bonds is 6. The van der Waals surface area contributed by atoms with Crippen molar-refractivity contribution < 1.29 is 8.42 Å². The average Bonchev–Trinajstić information content (AvgIpc) is 2.91. The second-order valence-electron chi connectivity index (χ2n) is 4.44. The minimum absolute atomic E-state index is 0.283. The molecule has 3 N–H and O–H groups in total. The fraction of sp³-hybridized carbons (Fsp3) is 0.308. The Morgan fingerprint density at radius 3 is 2.85 bits per heavy atom. The summed E-state index contributed by atoms with van der Waals surface area (Å²) in [4.78, 5) is 4.19. The van der Waals surface area contributed by atoms with E-state index < -0.39 is 10.0 Å². The molecule has 2 rings (SSSR count). The third kappa shape index (κ3) is 3.24. The van der Waals surface area contributed by atoms with Gasteiger partial charge in [0.1, 0.15) is 0 Å². The number of hydrogen-bond acceptors (Lipinski definition) is 4. The molecular formula is C13H18N4O2S. The molecule has 0 saturated carbocycles. The molecule has 2 aromatic rings. The lowest BCUT2D eigenvalue weighted by Gasteiger charge is -2.12. The summed E-state index contributed by atoms with van der Waals surface area (Å²) >= 11 is 0. The van der Waals surface area contributed by atoms with Crippen molar-refractivity contribution >= 4 is 10.0 Å². The van der Waals surface area contributed by atoms with Gasteiger partial charge in [0, 0.05) is 32.0 Å². The van der Waals surface area contributed by atoms with Gasteiger partial charge >= 0.3 is 0 Å². The van der Waals surface area contributed by atoms with E-state index in [4.69, 9.17) is 5.73 Å². The van der Waals surface area contributed by atoms with Crippen LogP contribution in [0.4, 0.5) is 0 Å². The van der Waals surface area contributed by atoms with Gasteiger partial charge in [0.15, 0.2) is 0 Å². The van der Waals surface area contributed by atoms with Crippen molar-refractivity contribution in [1.29, 1.82) is 0 Å². The number of nitrogens with two attached hydrogens (primary N) is 1. The van der Waals surface area contributed by atoms with Crippen LogP contribution in [0.1, 0.15) is 11.1 Å². The van der Waals surface area contributed by atoms with Crippen LogP contribution in [0.2, 0.25) is 0 Å². The molecule has 0 spiro atoms. The van der Waals surface area contributed by atoms with E-state index in [1.807, 2.05) is 10.6 Å². The number of hydrogen-bond donors (Lipinski definition) is 2. The molecule has 0 unspecified atom stereocenters. The van der Waals surface area contributed by atoms with Crippen molar-refractivity contribution in [2.24, 2.45) is 5.73 Å². The number of nitrogens with one attached hydrogen (secondary N) is 1. The van der Waals surface area contributed by atoms with Gasteiger partial charge < -0.3 is 10.3 Å². The van der Waals surface area contributed by atoms with Gasteiger partial charge in [-0.05, 0) is 24.1 Å². The molecule has 0 fully saturated rings. The average molecular weight is 294 g/mol. The summed E-state index contributed by atoms with van der Waals surface area (Å²) in [5, 5.41) is 0. The molecule has 0 aliphatic carbocycles. The van der Waals surface area contributed by atoms with Crippen LogP contribution in [0.25, 0.3) is 0 Å². The van der Waals surface area contributed by atoms with Crippen molar-refractivity contribution in [1.82, 2.24) is 14.3 Å². The smallest absolute Gasteiger partial charge is 0.240 e. The maximum atomic E-state index is 12.3. The maximum absolute atomic E-state index is 12.3. The Hall–Kier alpha value is -1.70. The zero-order valence-corrected chi connectivity index (χ0v) is 12.1. The van der Waals surface area contributed by atoms with Crippen LogP contribution in [-0.2, 0) is 23.1 Å². The number of aromatic nitrogens is 2. The molecule has 0 amide bonds. The number of benzene rings is 1. The lowest BCUT2D eigenvalue weighted by atomic mass is 10.1. The van der Waals surface area contributed by atoms with Crippen molar-refractivity contribution in [3.8, 4) is 0 Å². The molecule has 20 heavy (non-hydrogen) atoms. The summed E-state index contributed by atoms with van der Waals surface area (Å²) in [6.45, 7) is 2.94. The number of sulfonamides is 1. The minimum atomic E-state index is -3.52. The third-order valence-electron chi connectivity index (χ3n) is 3.13. The zero-order valence-electron chi connectivity index (χ0n) is 11.3. The van der Waals surface area contributed by atoms with Crippen LogP contribution in [0.3, 0.4) is 0 Å². The Kier molecular flexibility index (Phi) is 4.53. The SMILES string of the molecule is Cc1c(CN)cccc1S(=O)(=O)NCCn1ccnc1. The van der Waals surface area contributed by atoms with E-state index in [2.05, 4.69) is 9.71 Å². The third-order valence-corrected chi connectivity index (χ3v) is 4.73. The van der Waals surface area contributed by atoms with Gasteiger partial charge in [-0.25, -0.2) is 18.1 Å². The molecule has 1 aromatic carbocycles. The first-order chi connectivity index (χ1) is 9.54. The van der Waals surface area contributed by atoms with E-state index in [1.165, 1.54) is 0 Å². The highest BCUT2D eigenvalue weighted by Crippen LogP contribution is 2.18. The van der Waals surface area contributed by atoms with Crippen LogP contribution >= 0.6 is 0 Å². The highest BCUT2D eigenvalue weighted by atomic mass is 32.2. The molecule has 0 atom stereocenters. The molecule has 1 heterocycles. The maximum Gasteiger partial charge on any atom is 0.240 e. The quantitative estimate of drug-likeness (QED) is 0.817. The second kappa shape index (κ2) is 6.17. The Morgan fingerprint density at radius 2 is 2.20 bits per heavy atom. The lowest BCUT2D eigenvalue weighted by Crippen LogP contribution is -2.28. The van der Waals surface area contributed by atoms with Crippen LogP contribution < -0.4 is 10.5 Å². The fourth-order valence-electron chi connectivity index (χ4n) is 1.98. The molecular weight excluding hydrogens is 276 g/mol. The monoisotopic (exact) mass is 294 g/mol. The number of imidazole rings is 1. The molecule has 6 nitrogen and oxygen atoms in total. The Morgan fingerprint density at radius 1 is 1.40 bits per heavy atom. The standard InChI is InChI=1S/C13H18N4O2S/c1-11-12(9-14)3-2-4-13(11)20(18,19)16-6-8-17-7-5-15-10-17/h2-5,7,10,16H,6,8-9,14H2,1H3. The summed E-state index contributed by atoms with van der Waals surface area (Å²) in [6.07, 6.45) is 5.09. The van der Waals surface area contributed by atoms with E-state index in [0.29, 0.717) is 25.2 Å². The van der Waals surface area contributed by atoms with Gasteiger partial charge in [-0.1, -0.05) is 12.1 Å². The van der Waals surface area contributed by atoms with Gasteiger partial charge in [-0.3, -0.25) is 0 Å². The summed E-state index contributed by atoms with van der Waals surface area (Å²) in [5.74, 6) is 0. The highest BCUT2D eigenvalue weighted by molar-refractivity contribution is 7.89. The first-order valence-corrected chi connectivity index (χ1v) is 7.77. The van der Waals surface area contributed by atoms with Crippen molar-refractivity contribution in [2.45, 2.75) is 24.9 Å². The van der Waals surface area contributed by atoms with E-state index >= 15 is 0 Å². The molecule has 108 valence electrons. The molecule has 0 radical (unpaired) electrons. The fourth-order valence-corrected chi connectivity index (χ4v) is 3.29. The minimum Gasteiger partial charge on any atom is -0.336 e. The molecule has 0 saturated heterocycles. The van der Waals surface area contributed by atoms with Gasteiger partial charge in [0.25, 0.3) is 0 Å². The van der Waals surface area contributed by atoms with Crippen molar-refractivity contribution in [3.05, 3.63) is 48.0 Å². The largest absolute Gasteiger partial charge is 0.336 e. The highest BCUT2D eigenvalue weighted by Gasteiger charge is 2.17. The Bertz CT molecular complexity index is 666. The lowest BCUT2D eigenvalue weighted by molar-refractivity contribution is 0.572. The van der Waals surface area contributed by atoms with Crippen LogP contribution in [0.15, 0.2) is 41.8 Å². The summed E-state index contributed by atoms with van der Waals surface area (Å²) in [7, 11) is -3.52. The van der Waals surface area contributed by atoms with E-state index in [0.717, 1.165) is 5.56 Å². The topological polar surface area (TPSA) is 90.0 Å². The van der Waals surface area contributed by atoms with Crippen LogP contribution in [-0.4, -0.2) is 24.5 Å². The van der Waals surface area contributed by atoms with Crippen LogP contribution in [0.5, 0.6) is 0 Å². The molecule has 0 bridgehead atoms. The second-order valence-corrected chi connectivity index (χ2v) is 6.18. The molecule has 0 aliphatic heterocycles. The van der Waals surface area contributed by atoms with E-state index in [9.17, 15) is 8.42 Å². The Labute approximate surface area is 118 Å². The normalized spacial score (nSPS) is 11.7. The summed E-state index contributed by atoms with van der Waals surface area (Å²) < 4.78 is 28.9. The Balaban J connectivity index is 2.10. The van der Waals surface area contributed by atoms with Gasteiger partial charge in [-0.2, -0.15) is 0 Å². The predicted octanol–water partition coefficient (Wildman–Crippen LogP) is 0.629. The summed E-state index contributed by atoms with van der Waals surface area (Å²) in [5.41, 5.74) is 7.14. The van der Waals surface area contributed by atoms with Gasteiger partial charge in [0.2, 0.25) is 10.0 Å². The number of nitrogens with zero attached hydrogens (tertiary/aromatic N) is 2. The van der Waals surface area contributed by atoms with Gasteiger partial charge in [0.05, 0.1) is 11.2 Å². The van der Waals surface area contributed by atoms with Crippen LogP contribution in [0, 0.1) is 6.92 Å². The molecule has 1 aromatic heterocycles. The van der Waals surface area contributed by atoms with Gasteiger partial charge in [-0.15, -0.1) is 0 Å². The van der Waals surface area contributed by atoms with Crippen molar-refractivity contribution in [2.75, 3.05) is 6.54 Å².